The van der Waals surface area contributed by atoms with Gasteiger partial charge in [-0.3, -0.25) is 4.79 Å². The Balaban J connectivity index is 1.68. The van der Waals surface area contributed by atoms with Crippen LogP contribution in [0.25, 0.3) is 0 Å². The number of benzene rings is 2. The van der Waals surface area contributed by atoms with Crippen LogP contribution in [0.2, 0.25) is 10.0 Å². The van der Waals surface area contributed by atoms with Crippen molar-refractivity contribution in [2.75, 3.05) is 0 Å². The minimum Gasteiger partial charge on any atom is -0.479 e. The Hall–Kier alpha value is -1.71. The van der Waals surface area contributed by atoms with Gasteiger partial charge < -0.3 is 10.1 Å². The van der Waals surface area contributed by atoms with E-state index in [1.807, 2.05) is 12.1 Å². The summed E-state index contributed by atoms with van der Waals surface area (Å²) in [5.41, 5.74) is 2.51. The monoisotopic (exact) mass is 363 g/mol. The number of carbonyl (C=O) groups is 1. The summed E-state index contributed by atoms with van der Waals surface area (Å²) in [4.78, 5) is 12.5. The van der Waals surface area contributed by atoms with Crippen LogP contribution >= 0.6 is 23.2 Å². The van der Waals surface area contributed by atoms with Gasteiger partial charge in [0.05, 0.1) is 11.1 Å². The Bertz CT molecular complexity index is 748. The molecule has 0 unspecified atom stereocenters. The number of aryl methyl sites for hydroxylation is 1. The van der Waals surface area contributed by atoms with E-state index < -0.39 is 6.10 Å². The van der Waals surface area contributed by atoms with Crippen LogP contribution in [0.15, 0.2) is 42.5 Å². The third-order valence-corrected chi connectivity index (χ3v) is 5.08. The lowest BCUT2D eigenvalue weighted by Gasteiger charge is -2.27. The number of halogens is 2. The quantitative estimate of drug-likeness (QED) is 0.833. The molecule has 0 heterocycles. The zero-order valence-electron chi connectivity index (χ0n) is 13.4. The first-order valence-corrected chi connectivity index (χ1v) is 8.80. The van der Waals surface area contributed by atoms with E-state index in [9.17, 15) is 4.79 Å². The van der Waals surface area contributed by atoms with Crippen molar-refractivity contribution in [3.05, 3.63) is 63.6 Å². The van der Waals surface area contributed by atoms with E-state index in [1.165, 1.54) is 11.1 Å². The van der Waals surface area contributed by atoms with Crippen molar-refractivity contribution < 1.29 is 9.53 Å². The number of hydrogen-bond acceptors (Lipinski definition) is 2. The zero-order chi connectivity index (χ0) is 17.1. The second kappa shape index (κ2) is 7.45. The maximum Gasteiger partial charge on any atom is 0.261 e. The molecule has 0 radical (unpaired) electrons. The lowest BCUT2D eigenvalue weighted by Crippen LogP contribution is -2.39. The molecule has 0 aliphatic heterocycles. The molecule has 24 heavy (non-hydrogen) atoms. The van der Waals surface area contributed by atoms with Gasteiger partial charge in [0.2, 0.25) is 0 Å². The second-order valence-electron chi connectivity index (χ2n) is 5.96. The van der Waals surface area contributed by atoms with Gasteiger partial charge in [-0.2, -0.15) is 0 Å². The normalized spacial score (nSPS) is 17.7. The third-order valence-electron chi connectivity index (χ3n) is 4.28. The number of amides is 1. The Labute approximate surface area is 151 Å². The highest BCUT2D eigenvalue weighted by molar-refractivity contribution is 6.42. The average Bonchev–Trinajstić information content (AvgIpc) is 2.59. The Kier molecular flexibility index (Phi) is 5.32. The molecule has 0 spiro atoms. The summed E-state index contributed by atoms with van der Waals surface area (Å²) >= 11 is 12.1. The fraction of sp³-hybridized carbons (Fsp3) is 0.316. The highest BCUT2D eigenvalue weighted by Crippen LogP contribution is 2.33. The molecule has 2 aromatic carbocycles. The fourth-order valence-corrected chi connectivity index (χ4v) is 3.35. The van der Waals surface area contributed by atoms with Gasteiger partial charge in [-0.15, -0.1) is 0 Å². The van der Waals surface area contributed by atoms with Crippen LogP contribution in [0.5, 0.6) is 5.75 Å². The Morgan fingerprint density at radius 1 is 1.21 bits per heavy atom. The van der Waals surface area contributed by atoms with Gasteiger partial charge in [0.25, 0.3) is 5.91 Å². The van der Waals surface area contributed by atoms with E-state index in [1.54, 1.807) is 25.1 Å². The Morgan fingerprint density at radius 2 is 2.00 bits per heavy atom. The molecule has 0 aromatic heterocycles. The van der Waals surface area contributed by atoms with Crippen molar-refractivity contribution in [2.45, 2.75) is 38.3 Å². The number of ether oxygens (including phenoxy) is 1. The first kappa shape index (κ1) is 17.1. The molecule has 1 N–H and O–H groups in total. The molecule has 0 bridgehead atoms. The van der Waals surface area contributed by atoms with Crippen molar-refractivity contribution >= 4 is 29.1 Å². The molecule has 0 saturated carbocycles. The fourth-order valence-electron chi connectivity index (χ4n) is 3.01. The van der Waals surface area contributed by atoms with Crippen molar-refractivity contribution in [3.8, 4) is 5.75 Å². The van der Waals surface area contributed by atoms with Crippen molar-refractivity contribution in [2.24, 2.45) is 0 Å². The summed E-state index contributed by atoms with van der Waals surface area (Å²) < 4.78 is 5.69. The van der Waals surface area contributed by atoms with E-state index in [2.05, 4.69) is 17.4 Å². The van der Waals surface area contributed by atoms with Crippen molar-refractivity contribution in [1.29, 1.82) is 0 Å². The van der Waals surface area contributed by atoms with E-state index >= 15 is 0 Å². The molecule has 1 amide bonds. The van der Waals surface area contributed by atoms with Crippen LogP contribution in [0, 0.1) is 0 Å². The van der Waals surface area contributed by atoms with Gasteiger partial charge in [-0.05, 0) is 49.4 Å². The SMILES string of the molecule is C[C@@H](Oc1cccc(Cl)c1Cl)C(=O)N[C@H]1CCCc2ccccc21. The molecular formula is C19H19Cl2NO2. The summed E-state index contributed by atoms with van der Waals surface area (Å²) in [6.07, 6.45) is 2.41. The van der Waals surface area contributed by atoms with Crippen LogP contribution in [-0.2, 0) is 11.2 Å². The number of hydrogen-bond donors (Lipinski definition) is 1. The first-order chi connectivity index (χ1) is 11.6. The van der Waals surface area contributed by atoms with Crippen molar-refractivity contribution in [3.63, 3.8) is 0 Å². The molecule has 0 fully saturated rings. The number of fused-ring (bicyclic) bond motifs is 1. The summed E-state index contributed by atoms with van der Waals surface area (Å²) in [5.74, 6) is 0.253. The minimum absolute atomic E-state index is 0.0309. The molecule has 2 atom stereocenters. The largest absolute Gasteiger partial charge is 0.479 e. The van der Waals surface area contributed by atoms with E-state index in [4.69, 9.17) is 27.9 Å². The highest BCUT2D eigenvalue weighted by Gasteiger charge is 2.24. The van der Waals surface area contributed by atoms with Crippen LogP contribution in [0.3, 0.4) is 0 Å². The average molecular weight is 364 g/mol. The zero-order valence-corrected chi connectivity index (χ0v) is 14.9. The number of rotatable bonds is 4. The van der Waals surface area contributed by atoms with E-state index in [0.29, 0.717) is 15.8 Å². The smallest absolute Gasteiger partial charge is 0.261 e. The van der Waals surface area contributed by atoms with Crippen LogP contribution in [0.1, 0.15) is 36.9 Å². The van der Waals surface area contributed by atoms with E-state index in [0.717, 1.165) is 19.3 Å². The molecule has 126 valence electrons. The maximum atomic E-state index is 12.5. The molecule has 2 aromatic rings. The molecule has 5 heteroatoms. The lowest BCUT2D eigenvalue weighted by atomic mass is 9.87. The van der Waals surface area contributed by atoms with Gasteiger partial charge in [0.15, 0.2) is 6.10 Å². The van der Waals surface area contributed by atoms with Gasteiger partial charge in [-0.1, -0.05) is 53.5 Å². The summed E-state index contributed by atoms with van der Waals surface area (Å²) in [7, 11) is 0. The van der Waals surface area contributed by atoms with Crippen LogP contribution in [0.4, 0.5) is 0 Å². The van der Waals surface area contributed by atoms with E-state index in [-0.39, 0.29) is 11.9 Å². The summed E-state index contributed by atoms with van der Waals surface area (Å²) in [6.45, 7) is 1.71. The molecule has 0 saturated heterocycles. The number of carbonyl (C=O) groups excluding carboxylic acids is 1. The van der Waals surface area contributed by atoms with Gasteiger partial charge in [0, 0.05) is 0 Å². The van der Waals surface area contributed by atoms with Gasteiger partial charge in [0.1, 0.15) is 10.8 Å². The molecule has 3 rings (SSSR count). The van der Waals surface area contributed by atoms with Gasteiger partial charge >= 0.3 is 0 Å². The minimum atomic E-state index is -0.657. The molecule has 1 aliphatic rings. The highest BCUT2D eigenvalue weighted by atomic mass is 35.5. The first-order valence-electron chi connectivity index (χ1n) is 8.05. The standard InChI is InChI=1S/C19H19Cl2NO2/c1-12(24-17-11-5-9-15(20)18(17)21)19(23)22-16-10-4-7-13-6-2-3-8-14(13)16/h2-3,5-6,8-9,11-12,16H,4,7,10H2,1H3,(H,22,23)/t12-,16+/m1/s1. The maximum absolute atomic E-state index is 12.5. The predicted octanol–water partition coefficient (Wildman–Crippen LogP) is 4.95. The molecule has 1 aliphatic carbocycles. The Morgan fingerprint density at radius 3 is 2.83 bits per heavy atom. The molecule has 3 nitrogen and oxygen atoms in total. The molecular weight excluding hydrogens is 345 g/mol. The van der Waals surface area contributed by atoms with Crippen LogP contribution in [-0.4, -0.2) is 12.0 Å². The summed E-state index contributed by atoms with van der Waals surface area (Å²) in [6, 6.07) is 13.4. The summed E-state index contributed by atoms with van der Waals surface area (Å²) in [5, 5.41) is 3.82. The number of nitrogens with one attached hydrogen (secondary N) is 1. The predicted molar refractivity (Wildman–Crippen MR) is 96.8 cm³/mol. The third kappa shape index (κ3) is 3.68. The van der Waals surface area contributed by atoms with Crippen molar-refractivity contribution in [1.82, 2.24) is 5.32 Å². The topological polar surface area (TPSA) is 38.3 Å². The lowest BCUT2D eigenvalue weighted by molar-refractivity contribution is -0.128. The van der Waals surface area contributed by atoms with Crippen LogP contribution < -0.4 is 10.1 Å². The van der Waals surface area contributed by atoms with Gasteiger partial charge in [-0.25, -0.2) is 0 Å². The second-order valence-corrected chi connectivity index (χ2v) is 6.75.